The van der Waals surface area contributed by atoms with Gasteiger partial charge in [-0.25, -0.2) is 14.1 Å². The first kappa shape index (κ1) is 23.3. The summed E-state index contributed by atoms with van der Waals surface area (Å²) in [6.45, 7) is 1.76. The number of halogens is 2. The number of ether oxygens (including phenoxy) is 1. The summed E-state index contributed by atoms with van der Waals surface area (Å²) in [5, 5.41) is 3.67. The number of para-hydroxylation sites is 1. The molecule has 0 aliphatic rings. The maximum absolute atomic E-state index is 13.6. The summed E-state index contributed by atoms with van der Waals surface area (Å²) in [5.74, 6) is 0.770. The van der Waals surface area contributed by atoms with Crippen LogP contribution in [0.5, 0.6) is 11.5 Å². The normalized spacial score (nSPS) is 11.5. The first-order chi connectivity index (χ1) is 17.5. The van der Waals surface area contributed by atoms with Crippen LogP contribution in [-0.2, 0) is 0 Å². The van der Waals surface area contributed by atoms with Gasteiger partial charge in [-0.2, -0.15) is 0 Å². The Kier molecular flexibility index (Phi) is 6.52. The Morgan fingerprint density at radius 2 is 1.58 bits per heavy atom. The first-order valence-electron chi connectivity index (χ1n) is 11.2. The number of rotatable bonds is 6. The average Bonchev–Trinajstić information content (AvgIpc) is 3.24. The number of nitrogens with one attached hydrogen (secondary N) is 1. The Labute approximate surface area is 212 Å². The molecule has 0 saturated heterocycles. The van der Waals surface area contributed by atoms with Crippen molar-refractivity contribution >= 4 is 23.0 Å². The van der Waals surface area contributed by atoms with Crippen LogP contribution >= 0.6 is 11.6 Å². The van der Waals surface area contributed by atoms with Crippen LogP contribution < -0.4 is 10.3 Å². The van der Waals surface area contributed by atoms with E-state index in [0.29, 0.717) is 44.9 Å². The van der Waals surface area contributed by atoms with Gasteiger partial charge < -0.3 is 4.74 Å². The minimum Gasteiger partial charge on any atom is -0.455 e. The number of aliphatic imine (C=N–C) groups is 1. The number of benzene rings is 4. The topological polar surface area (TPSA) is 59.4 Å². The third-order valence-corrected chi connectivity index (χ3v) is 5.81. The quantitative estimate of drug-likeness (QED) is 0.246. The molecule has 1 heterocycles. The standard InChI is InChI=1S/C29H21ClFN3O2/c1-19(32-25-18-21(30)12-17-26(25)36-24-10-6-3-7-11-24)27-28(20-8-4-2-5-9-20)33-34(29(27)35)23-15-13-22(31)14-16-23/h2-18,33H,1H3. The predicted molar refractivity (Wildman–Crippen MR) is 142 cm³/mol. The van der Waals surface area contributed by atoms with E-state index in [1.807, 2.05) is 60.7 Å². The van der Waals surface area contributed by atoms with Crippen molar-refractivity contribution in [2.24, 2.45) is 4.99 Å². The summed E-state index contributed by atoms with van der Waals surface area (Å²) in [4.78, 5) is 18.4. The van der Waals surface area contributed by atoms with E-state index in [4.69, 9.17) is 21.3 Å². The van der Waals surface area contributed by atoms with Crippen molar-refractivity contribution in [3.8, 4) is 28.4 Å². The number of nitrogens with zero attached hydrogens (tertiary/aromatic N) is 2. The number of aromatic nitrogens is 2. The van der Waals surface area contributed by atoms with Gasteiger partial charge in [0.25, 0.3) is 5.56 Å². The molecular formula is C29H21ClFN3O2. The molecule has 1 aromatic heterocycles. The van der Waals surface area contributed by atoms with Gasteiger partial charge in [0.1, 0.15) is 17.3 Å². The maximum Gasteiger partial charge on any atom is 0.280 e. The highest BCUT2D eigenvalue weighted by molar-refractivity contribution is 6.31. The van der Waals surface area contributed by atoms with Crippen LogP contribution in [0.1, 0.15) is 12.5 Å². The summed E-state index contributed by atoms with van der Waals surface area (Å²) < 4.78 is 20.9. The molecule has 0 spiro atoms. The maximum atomic E-state index is 13.6. The van der Waals surface area contributed by atoms with Crippen molar-refractivity contribution in [1.82, 2.24) is 9.78 Å². The lowest BCUT2D eigenvalue weighted by Crippen LogP contribution is -2.19. The second kappa shape index (κ2) is 10.1. The second-order valence-electron chi connectivity index (χ2n) is 8.07. The van der Waals surface area contributed by atoms with Crippen LogP contribution in [0.2, 0.25) is 5.02 Å². The van der Waals surface area contributed by atoms with Crippen LogP contribution in [0.3, 0.4) is 0 Å². The number of hydrogen-bond donors (Lipinski definition) is 1. The molecule has 5 rings (SSSR count). The molecule has 4 aromatic carbocycles. The zero-order valence-electron chi connectivity index (χ0n) is 19.3. The Bertz CT molecular complexity index is 1590. The molecular weight excluding hydrogens is 477 g/mol. The zero-order valence-corrected chi connectivity index (χ0v) is 20.0. The smallest absolute Gasteiger partial charge is 0.280 e. The molecule has 0 atom stereocenters. The third-order valence-electron chi connectivity index (χ3n) is 5.58. The molecule has 0 fully saturated rings. The number of aromatic amines is 1. The summed E-state index contributed by atoms with van der Waals surface area (Å²) in [5.41, 5.74) is 2.94. The van der Waals surface area contributed by atoms with Gasteiger partial charge in [0.05, 0.1) is 22.7 Å². The Morgan fingerprint density at radius 1 is 0.917 bits per heavy atom. The van der Waals surface area contributed by atoms with Gasteiger partial charge in [-0.1, -0.05) is 60.1 Å². The van der Waals surface area contributed by atoms with Crippen LogP contribution in [-0.4, -0.2) is 15.5 Å². The molecule has 0 unspecified atom stereocenters. The molecule has 0 amide bonds. The van der Waals surface area contributed by atoms with Gasteiger partial charge >= 0.3 is 0 Å². The van der Waals surface area contributed by atoms with Gasteiger partial charge in [0.2, 0.25) is 0 Å². The fourth-order valence-corrected chi connectivity index (χ4v) is 4.04. The van der Waals surface area contributed by atoms with Crippen molar-refractivity contribution in [1.29, 1.82) is 0 Å². The fourth-order valence-electron chi connectivity index (χ4n) is 3.87. The highest BCUT2D eigenvalue weighted by Gasteiger charge is 2.20. The van der Waals surface area contributed by atoms with Crippen molar-refractivity contribution < 1.29 is 9.13 Å². The zero-order chi connectivity index (χ0) is 25.1. The van der Waals surface area contributed by atoms with Gasteiger partial charge in [-0.3, -0.25) is 9.89 Å². The van der Waals surface area contributed by atoms with Crippen molar-refractivity contribution in [3.63, 3.8) is 0 Å². The molecule has 5 aromatic rings. The predicted octanol–water partition coefficient (Wildman–Crippen LogP) is 7.56. The summed E-state index contributed by atoms with van der Waals surface area (Å²) in [6.07, 6.45) is 0. The van der Waals surface area contributed by atoms with Crippen LogP contribution in [0.4, 0.5) is 10.1 Å². The Hall–Kier alpha value is -4.42. The van der Waals surface area contributed by atoms with E-state index in [-0.39, 0.29) is 11.4 Å². The van der Waals surface area contributed by atoms with Crippen LogP contribution in [0, 0.1) is 5.82 Å². The molecule has 0 bridgehead atoms. The van der Waals surface area contributed by atoms with Gasteiger partial charge in [-0.05, 0) is 61.5 Å². The summed E-state index contributed by atoms with van der Waals surface area (Å²) in [7, 11) is 0. The number of hydrogen-bond acceptors (Lipinski definition) is 3. The third kappa shape index (κ3) is 4.85. The fraction of sp³-hybridized carbons (Fsp3) is 0.0345. The van der Waals surface area contributed by atoms with Gasteiger partial charge in [-0.15, -0.1) is 0 Å². The van der Waals surface area contributed by atoms with Gasteiger partial charge in [0, 0.05) is 10.6 Å². The van der Waals surface area contributed by atoms with Gasteiger partial charge in [0.15, 0.2) is 5.75 Å². The lowest BCUT2D eigenvalue weighted by Gasteiger charge is -2.10. The molecule has 5 nitrogen and oxygen atoms in total. The molecule has 0 aliphatic heterocycles. The number of H-pyrrole nitrogens is 1. The molecule has 0 radical (unpaired) electrons. The highest BCUT2D eigenvalue weighted by Crippen LogP contribution is 2.35. The highest BCUT2D eigenvalue weighted by atomic mass is 35.5. The lowest BCUT2D eigenvalue weighted by molar-refractivity contribution is 0.484. The molecule has 1 N–H and O–H groups in total. The minimum atomic E-state index is -0.383. The van der Waals surface area contributed by atoms with E-state index >= 15 is 0 Å². The summed E-state index contributed by atoms with van der Waals surface area (Å²) >= 11 is 6.28. The summed E-state index contributed by atoms with van der Waals surface area (Å²) in [6, 6.07) is 29.7. The molecule has 0 saturated carbocycles. The minimum absolute atomic E-state index is 0.311. The van der Waals surface area contributed by atoms with Crippen molar-refractivity contribution in [2.45, 2.75) is 6.92 Å². The van der Waals surface area contributed by atoms with Crippen LogP contribution in [0.25, 0.3) is 16.9 Å². The van der Waals surface area contributed by atoms with Crippen molar-refractivity contribution in [2.75, 3.05) is 0 Å². The Morgan fingerprint density at radius 3 is 2.28 bits per heavy atom. The molecule has 0 aliphatic carbocycles. The van der Waals surface area contributed by atoms with E-state index in [9.17, 15) is 9.18 Å². The molecule has 178 valence electrons. The Balaban J connectivity index is 1.65. The van der Waals surface area contributed by atoms with E-state index < -0.39 is 0 Å². The van der Waals surface area contributed by atoms with E-state index in [0.717, 1.165) is 5.56 Å². The first-order valence-corrected chi connectivity index (χ1v) is 11.6. The monoisotopic (exact) mass is 497 g/mol. The van der Waals surface area contributed by atoms with E-state index in [1.54, 1.807) is 37.3 Å². The lowest BCUT2D eigenvalue weighted by atomic mass is 10.1. The van der Waals surface area contributed by atoms with Crippen LogP contribution in [0.15, 0.2) is 113 Å². The van der Waals surface area contributed by atoms with E-state index in [2.05, 4.69) is 5.10 Å². The van der Waals surface area contributed by atoms with Crippen molar-refractivity contribution in [3.05, 3.63) is 130 Å². The SMILES string of the molecule is CC(=Nc1cc(Cl)ccc1Oc1ccccc1)c1c(-c2ccccc2)[nH]n(-c2ccc(F)cc2)c1=O. The largest absolute Gasteiger partial charge is 0.455 e. The van der Waals surface area contributed by atoms with E-state index in [1.165, 1.54) is 16.8 Å². The average molecular weight is 498 g/mol. The molecule has 36 heavy (non-hydrogen) atoms. The molecule has 7 heteroatoms. The second-order valence-corrected chi connectivity index (χ2v) is 8.51.